The fraction of sp³-hybridized carbons (Fsp3) is 0.286. The van der Waals surface area contributed by atoms with Gasteiger partial charge in [0.1, 0.15) is 6.33 Å². The second-order valence-corrected chi connectivity index (χ2v) is 5.10. The number of aromatic amines is 1. The molecule has 6 heteroatoms. The fourth-order valence-corrected chi connectivity index (χ4v) is 2.86. The number of hydrogen-bond donors (Lipinski definition) is 1. The lowest BCUT2D eigenvalue weighted by Gasteiger charge is -2.23. The smallest absolute Gasteiger partial charge is 0.263 e. The zero-order valence-electron chi connectivity index (χ0n) is 10.8. The highest BCUT2D eigenvalue weighted by atomic mass is 16.1. The van der Waals surface area contributed by atoms with E-state index in [0.717, 1.165) is 25.0 Å². The van der Waals surface area contributed by atoms with Crippen molar-refractivity contribution < 1.29 is 0 Å². The summed E-state index contributed by atoms with van der Waals surface area (Å²) in [7, 11) is 0. The number of nitrogens with zero attached hydrogens (tertiary/aromatic N) is 4. The number of nitrogens with one attached hydrogen (secondary N) is 1. The third-order valence-corrected chi connectivity index (χ3v) is 3.94. The second-order valence-electron chi connectivity index (χ2n) is 5.10. The van der Waals surface area contributed by atoms with Crippen molar-refractivity contribution in [3.63, 3.8) is 0 Å². The zero-order chi connectivity index (χ0) is 13.5. The molecule has 0 saturated heterocycles. The van der Waals surface area contributed by atoms with E-state index in [-0.39, 0.29) is 11.6 Å². The average Bonchev–Trinajstić information content (AvgIpc) is 2.95. The van der Waals surface area contributed by atoms with Gasteiger partial charge >= 0.3 is 0 Å². The van der Waals surface area contributed by atoms with Crippen LogP contribution in [-0.2, 0) is 12.8 Å². The number of aryl methyl sites for hydroxylation is 1. The van der Waals surface area contributed by atoms with Gasteiger partial charge in [-0.25, -0.2) is 9.97 Å². The van der Waals surface area contributed by atoms with Crippen LogP contribution >= 0.6 is 0 Å². The fourth-order valence-electron chi connectivity index (χ4n) is 2.86. The van der Waals surface area contributed by atoms with Crippen molar-refractivity contribution in [3.8, 4) is 0 Å². The molecule has 0 radical (unpaired) electrons. The SMILES string of the molecule is O=c1c2cccnc2ncn1[C@H]1CCc2cn[nH]c2C1. The van der Waals surface area contributed by atoms with Gasteiger partial charge in [-0.05, 0) is 30.5 Å². The number of H-pyrrole nitrogens is 1. The van der Waals surface area contributed by atoms with E-state index in [9.17, 15) is 4.79 Å². The Kier molecular flexibility index (Phi) is 2.42. The summed E-state index contributed by atoms with van der Waals surface area (Å²) in [5, 5.41) is 7.66. The van der Waals surface area contributed by atoms with E-state index < -0.39 is 0 Å². The molecule has 3 heterocycles. The Morgan fingerprint density at radius 3 is 3.25 bits per heavy atom. The van der Waals surface area contributed by atoms with E-state index in [1.54, 1.807) is 29.2 Å². The van der Waals surface area contributed by atoms with Crippen molar-refractivity contribution in [2.75, 3.05) is 0 Å². The van der Waals surface area contributed by atoms with Crippen LogP contribution in [-0.4, -0.2) is 24.7 Å². The van der Waals surface area contributed by atoms with E-state index in [4.69, 9.17) is 0 Å². The summed E-state index contributed by atoms with van der Waals surface area (Å²) in [4.78, 5) is 20.9. The molecule has 6 nitrogen and oxygen atoms in total. The van der Waals surface area contributed by atoms with E-state index in [1.807, 2.05) is 6.20 Å². The lowest BCUT2D eigenvalue weighted by Crippen LogP contribution is -2.29. The number of aromatic nitrogens is 5. The number of hydrogen-bond acceptors (Lipinski definition) is 4. The molecular weight excluding hydrogens is 254 g/mol. The molecule has 1 aliphatic carbocycles. The Bertz CT molecular complexity index is 835. The normalized spacial score (nSPS) is 18.1. The Balaban J connectivity index is 1.80. The van der Waals surface area contributed by atoms with Gasteiger partial charge in [0.15, 0.2) is 5.65 Å². The first kappa shape index (κ1) is 11.3. The van der Waals surface area contributed by atoms with E-state index in [2.05, 4.69) is 20.2 Å². The van der Waals surface area contributed by atoms with Crippen molar-refractivity contribution in [2.45, 2.75) is 25.3 Å². The van der Waals surface area contributed by atoms with Gasteiger partial charge in [0.2, 0.25) is 0 Å². The highest BCUT2D eigenvalue weighted by molar-refractivity contribution is 5.72. The molecule has 3 aromatic heterocycles. The van der Waals surface area contributed by atoms with Crippen LogP contribution in [0.2, 0.25) is 0 Å². The molecule has 20 heavy (non-hydrogen) atoms. The van der Waals surface area contributed by atoms with Crippen LogP contribution in [0.1, 0.15) is 23.7 Å². The van der Waals surface area contributed by atoms with Crippen molar-refractivity contribution in [1.29, 1.82) is 0 Å². The third-order valence-electron chi connectivity index (χ3n) is 3.94. The number of pyridine rings is 1. The molecule has 0 saturated carbocycles. The number of rotatable bonds is 1. The lowest BCUT2D eigenvalue weighted by molar-refractivity contribution is 0.425. The Morgan fingerprint density at radius 2 is 2.30 bits per heavy atom. The summed E-state index contributed by atoms with van der Waals surface area (Å²) >= 11 is 0. The van der Waals surface area contributed by atoms with Crippen molar-refractivity contribution in [2.24, 2.45) is 0 Å². The highest BCUT2D eigenvalue weighted by Gasteiger charge is 2.22. The van der Waals surface area contributed by atoms with Gasteiger partial charge in [0, 0.05) is 24.4 Å². The summed E-state index contributed by atoms with van der Waals surface area (Å²) in [6.07, 6.45) is 7.80. The predicted molar refractivity (Wildman–Crippen MR) is 73.4 cm³/mol. The van der Waals surface area contributed by atoms with Gasteiger partial charge in [-0.3, -0.25) is 14.5 Å². The first-order valence-electron chi connectivity index (χ1n) is 6.66. The van der Waals surface area contributed by atoms with Gasteiger partial charge in [0.25, 0.3) is 5.56 Å². The van der Waals surface area contributed by atoms with E-state index in [0.29, 0.717) is 11.0 Å². The Hall–Kier alpha value is -2.50. The zero-order valence-corrected chi connectivity index (χ0v) is 10.8. The Labute approximate surface area is 114 Å². The first-order chi connectivity index (χ1) is 9.83. The maximum atomic E-state index is 12.5. The van der Waals surface area contributed by atoms with Crippen LogP contribution in [0.15, 0.2) is 35.6 Å². The molecular formula is C14H13N5O. The van der Waals surface area contributed by atoms with Gasteiger partial charge in [0.05, 0.1) is 11.6 Å². The summed E-state index contributed by atoms with van der Waals surface area (Å²) in [6, 6.07) is 3.68. The summed E-state index contributed by atoms with van der Waals surface area (Å²) in [5.41, 5.74) is 2.87. The Morgan fingerprint density at radius 1 is 1.35 bits per heavy atom. The molecule has 0 spiro atoms. The summed E-state index contributed by atoms with van der Waals surface area (Å²) in [6.45, 7) is 0. The molecule has 0 fully saturated rings. The topological polar surface area (TPSA) is 76.5 Å². The van der Waals surface area contributed by atoms with Crippen molar-refractivity contribution in [3.05, 3.63) is 52.5 Å². The van der Waals surface area contributed by atoms with Gasteiger partial charge in [-0.1, -0.05) is 0 Å². The maximum Gasteiger partial charge on any atom is 0.263 e. The molecule has 0 aliphatic heterocycles. The first-order valence-corrected chi connectivity index (χ1v) is 6.66. The minimum atomic E-state index is -0.0175. The van der Waals surface area contributed by atoms with Crippen molar-refractivity contribution >= 4 is 11.0 Å². The second kappa shape index (κ2) is 4.26. The van der Waals surface area contributed by atoms with Crippen molar-refractivity contribution in [1.82, 2.24) is 24.7 Å². The molecule has 100 valence electrons. The number of fused-ring (bicyclic) bond motifs is 2. The third kappa shape index (κ3) is 1.65. The molecule has 0 amide bonds. The van der Waals surface area contributed by atoms with Gasteiger partial charge in [-0.2, -0.15) is 5.10 Å². The molecule has 0 unspecified atom stereocenters. The molecule has 1 atom stereocenters. The van der Waals surface area contributed by atoms with Crippen LogP contribution < -0.4 is 5.56 Å². The van der Waals surface area contributed by atoms with Crippen LogP contribution in [0, 0.1) is 0 Å². The minimum absolute atomic E-state index is 0.0175. The van der Waals surface area contributed by atoms with Crippen LogP contribution in [0.4, 0.5) is 0 Å². The standard InChI is InChI=1S/C14H13N5O/c20-14-11-2-1-5-15-13(11)16-8-19(14)10-4-3-9-7-17-18-12(9)6-10/h1-2,5,7-8,10H,3-4,6H2,(H,17,18)/t10-/m0/s1. The van der Waals surface area contributed by atoms with E-state index >= 15 is 0 Å². The highest BCUT2D eigenvalue weighted by Crippen LogP contribution is 2.26. The monoisotopic (exact) mass is 267 g/mol. The van der Waals surface area contributed by atoms with Crippen LogP contribution in [0.3, 0.4) is 0 Å². The van der Waals surface area contributed by atoms with Gasteiger partial charge in [-0.15, -0.1) is 0 Å². The van der Waals surface area contributed by atoms with Crippen LogP contribution in [0.25, 0.3) is 11.0 Å². The summed E-state index contributed by atoms with van der Waals surface area (Å²) < 4.78 is 1.73. The van der Waals surface area contributed by atoms with Crippen LogP contribution in [0.5, 0.6) is 0 Å². The molecule has 1 aliphatic rings. The molecule has 0 bridgehead atoms. The summed E-state index contributed by atoms with van der Waals surface area (Å²) in [5.74, 6) is 0. The average molecular weight is 267 g/mol. The molecule has 1 N–H and O–H groups in total. The maximum absolute atomic E-state index is 12.5. The lowest BCUT2D eigenvalue weighted by atomic mass is 9.93. The quantitative estimate of drug-likeness (QED) is 0.719. The molecule has 0 aromatic carbocycles. The molecule has 4 rings (SSSR count). The predicted octanol–water partition coefficient (Wildman–Crippen LogP) is 1.24. The van der Waals surface area contributed by atoms with Gasteiger partial charge < -0.3 is 0 Å². The minimum Gasteiger partial charge on any atom is -0.295 e. The largest absolute Gasteiger partial charge is 0.295 e. The molecule has 3 aromatic rings. The van der Waals surface area contributed by atoms with E-state index in [1.165, 1.54) is 5.56 Å².